The minimum atomic E-state index is -0.353. The quantitative estimate of drug-likeness (QED) is 0.772. The van der Waals surface area contributed by atoms with Gasteiger partial charge in [-0.3, -0.25) is 4.68 Å². The van der Waals surface area contributed by atoms with Crippen molar-refractivity contribution in [2.45, 2.75) is 51.9 Å². The Balaban J connectivity index is 2.13. The number of methoxy groups -OCH3 is 1. The average molecular weight is 266 g/mol. The molecule has 0 bridgehead atoms. The lowest BCUT2D eigenvalue weighted by molar-refractivity contribution is 0.00578. The summed E-state index contributed by atoms with van der Waals surface area (Å²) in [5.41, 5.74) is 0.303. The van der Waals surface area contributed by atoms with Crippen LogP contribution in [0.3, 0.4) is 0 Å². The molecule has 19 heavy (non-hydrogen) atoms. The van der Waals surface area contributed by atoms with Crippen molar-refractivity contribution < 1.29 is 14.0 Å². The molecule has 0 amide bonds. The molecule has 106 valence electrons. The molecule has 1 fully saturated rings. The smallest absolute Gasteiger partial charge is 0.399 e. The van der Waals surface area contributed by atoms with Gasteiger partial charge in [-0.1, -0.05) is 0 Å². The van der Waals surface area contributed by atoms with Gasteiger partial charge in [-0.25, -0.2) is 0 Å². The van der Waals surface area contributed by atoms with Gasteiger partial charge < -0.3 is 14.0 Å². The monoisotopic (exact) mass is 266 g/mol. The molecule has 1 aliphatic rings. The van der Waals surface area contributed by atoms with Crippen LogP contribution in [0.1, 0.15) is 40.7 Å². The molecule has 1 aromatic heterocycles. The van der Waals surface area contributed by atoms with E-state index in [2.05, 4.69) is 12.0 Å². The molecule has 0 spiro atoms. The largest absolute Gasteiger partial charge is 0.498 e. The third-order valence-electron chi connectivity index (χ3n) is 4.01. The average Bonchev–Trinajstić information content (AvgIpc) is 2.83. The van der Waals surface area contributed by atoms with Crippen LogP contribution in [0.25, 0.3) is 0 Å². The molecule has 0 aromatic carbocycles. The maximum atomic E-state index is 6.00. The first-order valence-electron chi connectivity index (χ1n) is 6.65. The Morgan fingerprint density at radius 3 is 2.42 bits per heavy atom. The molecular weight excluding hydrogens is 243 g/mol. The van der Waals surface area contributed by atoms with E-state index in [0.717, 1.165) is 5.46 Å². The summed E-state index contributed by atoms with van der Waals surface area (Å²) in [6.45, 7) is 10.9. The first kappa shape index (κ1) is 14.6. The van der Waals surface area contributed by atoms with E-state index in [9.17, 15) is 0 Å². The van der Waals surface area contributed by atoms with Crippen LogP contribution in [-0.4, -0.2) is 41.8 Å². The van der Waals surface area contributed by atoms with Gasteiger partial charge in [-0.2, -0.15) is 5.10 Å². The Kier molecular flexibility index (Phi) is 3.77. The minimum absolute atomic E-state index is 0.196. The summed E-state index contributed by atoms with van der Waals surface area (Å²) in [5.74, 6) is 0. The van der Waals surface area contributed by atoms with Crippen molar-refractivity contribution in [3.8, 4) is 0 Å². The number of nitrogens with zero attached hydrogens (tertiary/aromatic N) is 2. The van der Waals surface area contributed by atoms with Gasteiger partial charge in [0.25, 0.3) is 0 Å². The Morgan fingerprint density at radius 2 is 1.89 bits per heavy atom. The lowest BCUT2D eigenvalue weighted by Crippen LogP contribution is -2.41. The van der Waals surface area contributed by atoms with Gasteiger partial charge in [0.1, 0.15) is 0 Å². The summed E-state index contributed by atoms with van der Waals surface area (Å²) in [7, 11) is 1.34. The van der Waals surface area contributed by atoms with Crippen LogP contribution in [0.15, 0.2) is 12.4 Å². The maximum absolute atomic E-state index is 6.00. The van der Waals surface area contributed by atoms with Crippen LogP contribution >= 0.6 is 0 Å². The predicted molar refractivity (Wildman–Crippen MR) is 74.5 cm³/mol. The van der Waals surface area contributed by atoms with Crippen molar-refractivity contribution in [3.05, 3.63) is 12.4 Å². The standard InChI is InChI=1S/C13H23BN2O3/c1-10(9-17-6)16-8-11(7-15-16)14-18-12(2,3)13(4,5)19-14/h7-8,10H,9H2,1-6H3. The number of ether oxygens (including phenoxy) is 1. The fraction of sp³-hybridized carbons (Fsp3) is 0.769. The molecule has 5 nitrogen and oxygen atoms in total. The predicted octanol–water partition coefficient (Wildman–Crippen LogP) is 1.39. The van der Waals surface area contributed by atoms with E-state index in [1.807, 2.05) is 38.6 Å². The molecule has 6 heteroatoms. The molecular formula is C13H23BN2O3. The van der Waals surface area contributed by atoms with E-state index < -0.39 is 0 Å². The molecule has 1 saturated heterocycles. The second kappa shape index (κ2) is 4.92. The van der Waals surface area contributed by atoms with Gasteiger partial charge in [-0.15, -0.1) is 0 Å². The highest BCUT2D eigenvalue weighted by atomic mass is 16.7. The first-order chi connectivity index (χ1) is 8.77. The second-order valence-electron chi connectivity index (χ2n) is 6.15. The van der Waals surface area contributed by atoms with Gasteiger partial charge in [0, 0.05) is 25.0 Å². The van der Waals surface area contributed by atoms with Gasteiger partial charge in [0.05, 0.1) is 23.9 Å². The molecule has 2 heterocycles. The van der Waals surface area contributed by atoms with Crippen molar-refractivity contribution in [3.63, 3.8) is 0 Å². The topological polar surface area (TPSA) is 45.5 Å². The van der Waals surface area contributed by atoms with Crippen LogP contribution in [-0.2, 0) is 14.0 Å². The molecule has 1 unspecified atom stereocenters. The van der Waals surface area contributed by atoms with Crippen molar-refractivity contribution in [2.75, 3.05) is 13.7 Å². The van der Waals surface area contributed by atoms with Gasteiger partial charge in [0.2, 0.25) is 0 Å². The van der Waals surface area contributed by atoms with E-state index in [-0.39, 0.29) is 24.4 Å². The molecule has 1 aliphatic heterocycles. The van der Waals surface area contributed by atoms with Gasteiger partial charge in [0.15, 0.2) is 0 Å². The maximum Gasteiger partial charge on any atom is 0.498 e. The second-order valence-corrected chi connectivity index (χ2v) is 6.15. The fourth-order valence-electron chi connectivity index (χ4n) is 2.01. The van der Waals surface area contributed by atoms with E-state index in [4.69, 9.17) is 14.0 Å². The highest BCUT2D eigenvalue weighted by Gasteiger charge is 2.52. The zero-order chi connectivity index (χ0) is 14.3. The minimum Gasteiger partial charge on any atom is -0.399 e. The van der Waals surface area contributed by atoms with Crippen LogP contribution in [0.2, 0.25) is 0 Å². The normalized spacial score (nSPS) is 22.7. The van der Waals surface area contributed by atoms with Crippen molar-refractivity contribution in [2.24, 2.45) is 0 Å². The molecule has 2 rings (SSSR count). The van der Waals surface area contributed by atoms with E-state index in [1.165, 1.54) is 0 Å². The summed E-state index contributed by atoms with van der Waals surface area (Å²) in [6.07, 6.45) is 3.76. The van der Waals surface area contributed by atoms with E-state index in [0.29, 0.717) is 6.61 Å². The van der Waals surface area contributed by atoms with Crippen LogP contribution in [0.4, 0.5) is 0 Å². The SMILES string of the molecule is COCC(C)n1cc(B2OC(C)(C)C(C)(C)O2)cn1. The van der Waals surface area contributed by atoms with Gasteiger partial charge in [-0.05, 0) is 34.6 Å². The zero-order valence-electron chi connectivity index (χ0n) is 12.6. The lowest BCUT2D eigenvalue weighted by Gasteiger charge is -2.32. The summed E-state index contributed by atoms with van der Waals surface area (Å²) in [5, 5.41) is 4.35. The summed E-state index contributed by atoms with van der Waals surface area (Å²) < 4.78 is 19.0. The first-order valence-corrected chi connectivity index (χ1v) is 6.65. The Labute approximate surface area is 115 Å². The summed E-state index contributed by atoms with van der Waals surface area (Å²) in [6, 6.07) is 0.196. The van der Waals surface area contributed by atoms with E-state index in [1.54, 1.807) is 13.3 Å². The zero-order valence-corrected chi connectivity index (χ0v) is 12.6. The Hall–Kier alpha value is -0.845. The van der Waals surface area contributed by atoms with Crippen molar-refractivity contribution in [1.29, 1.82) is 0 Å². The van der Waals surface area contributed by atoms with Gasteiger partial charge >= 0.3 is 7.12 Å². The highest BCUT2D eigenvalue weighted by Crippen LogP contribution is 2.36. The third kappa shape index (κ3) is 2.71. The Bertz CT molecular complexity index is 429. The van der Waals surface area contributed by atoms with E-state index >= 15 is 0 Å². The molecule has 0 N–H and O–H groups in total. The number of aromatic nitrogens is 2. The van der Waals surface area contributed by atoms with Crippen molar-refractivity contribution >= 4 is 12.6 Å². The molecule has 1 atom stereocenters. The van der Waals surface area contributed by atoms with Crippen LogP contribution in [0.5, 0.6) is 0 Å². The number of hydrogen-bond acceptors (Lipinski definition) is 4. The number of hydrogen-bond donors (Lipinski definition) is 0. The Morgan fingerprint density at radius 1 is 1.32 bits per heavy atom. The number of rotatable bonds is 4. The fourth-order valence-corrected chi connectivity index (χ4v) is 2.01. The summed E-state index contributed by atoms with van der Waals surface area (Å²) in [4.78, 5) is 0. The molecule has 1 aromatic rings. The summed E-state index contributed by atoms with van der Waals surface area (Å²) >= 11 is 0. The van der Waals surface area contributed by atoms with Crippen LogP contribution in [0, 0.1) is 0 Å². The molecule has 0 radical (unpaired) electrons. The molecule has 0 aliphatic carbocycles. The third-order valence-corrected chi connectivity index (χ3v) is 4.01. The lowest BCUT2D eigenvalue weighted by atomic mass is 9.82. The molecule has 0 saturated carbocycles. The highest BCUT2D eigenvalue weighted by molar-refractivity contribution is 6.61. The van der Waals surface area contributed by atoms with Crippen LogP contribution < -0.4 is 5.46 Å². The van der Waals surface area contributed by atoms with Crippen molar-refractivity contribution in [1.82, 2.24) is 9.78 Å².